The van der Waals surface area contributed by atoms with Crippen LogP contribution in [0.5, 0.6) is 0 Å². The van der Waals surface area contributed by atoms with Gasteiger partial charge in [0.1, 0.15) is 12.7 Å². The van der Waals surface area contributed by atoms with Crippen LogP contribution in [0.25, 0.3) is 0 Å². The summed E-state index contributed by atoms with van der Waals surface area (Å²) in [5.41, 5.74) is -1.61. The Hall–Kier alpha value is -2.80. The van der Waals surface area contributed by atoms with E-state index in [0.29, 0.717) is 19.4 Å². The number of benzene rings is 2. The molecule has 5 rings (SSSR count). The molecule has 13 heteroatoms. The zero-order chi connectivity index (χ0) is 28.1. The molecule has 3 fully saturated rings. The fourth-order valence-electron chi connectivity index (χ4n) is 6.11. The maximum atomic E-state index is 13.7. The van der Waals surface area contributed by atoms with Crippen LogP contribution in [0.15, 0.2) is 41.3 Å². The molecule has 3 unspecified atom stereocenters. The number of β-amino-alcohol motifs (C(OH)–C–C–N with tert-alkyl or cyclic N) is 1. The molecule has 3 aliphatic rings. The van der Waals surface area contributed by atoms with Gasteiger partial charge >= 0.3 is 6.09 Å². The van der Waals surface area contributed by atoms with Crippen molar-refractivity contribution >= 4 is 39.1 Å². The van der Waals surface area contributed by atoms with Crippen LogP contribution in [0.2, 0.25) is 5.02 Å². The minimum Gasteiger partial charge on any atom is -0.448 e. The molecular formula is C26H27ClF2N2O7S. The van der Waals surface area contributed by atoms with Gasteiger partial charge in [0.05, 0.1) is 33.9 Å². The average Bonchev–Trinajstić information content (AvgIpc) is 3.33. The van der Waals surface area contributed by atoms with Gasteiger partial charge in [0, 0.05) is 17.3 Å². The van der Waals surface area contributed by atoms with Crippen LogP contribution in [0.4, 0.5) is 19.3 Å². The van der Waals surface area contributed by atoms with Gasteiger partial charge in [0.2, 0.25) is 0 Å². The molecule has 2 aliphatic carbocycles. The zero-order valence-corrected chi connectivity index (χ0v) is 22.2. The van der Waals surface area contributed by atoms with E-state index in [-0.39, 0.29) is 47.2 Å². The van der Waals surface area contributed by atoms with Crippen LogP contribution in [0, 0.1) is 23.5 Å². The van der Waals surface area contributed by atoms with Gasteiger partial charge in [-0.1, -0.05) is 11.6 Å². The number of aliphatic hydroxyl groups excluding tert-OH is 1. The summed E-state index contributed by atoms with van der Waals surface area (Å²) in [7, 11) is -4.07. The number of nitrogens with zero attached hydrogens (tertiary/aromatic N) is 1. The molecule has 0 spiro atoms. The first-order valence-corrected chi connectivity index (χ1v) is 14.5. The van der Waals surface area contributed by atoms with E-state index in [2.05, 4.69) is 5.32 Å². The van der Waals surface area contributed by atoms with Crippen molar-refractivity contribution in [2.45, 2.75) is 47.5 Å². The molecule has 1 saturated heterocycles. The smallest absolute Gasteiger partial charge is 0.410 e. The fourth-order valence-corrected chi connectivity index (χ4v) is 8.51. The summed E-state index contributed by atoms with van der Waals surface area (Å²) in [6, 6.07) is 6.57. The number of amides is 2. The number of hydrogen-bond acceptors (Lipinski definition) is 7. The molecule has 3 atom stereocenters. The molecule has 2 bridgehead atoms. The van der Waals surface area contributed by atoms with E-state index in [4.69, 9.17) is 16.3 Å². The predicted octanol–water partition coefficient (Wildman–Crippen LogP) is 3.38. The molecular weight excluding hydrogens is 558 g/mol. The van der Waals surface area contributed by atoms with Crippen LogP contribution in [0.3, 0.4) is 0 Å². The molecule has 2 aromatic carbocycles. The van der Waals surface area contributed by atoms with Gasteiger partial charge in [-0.25, -0.2) is 22.0 Å². The molecule has 2 amide bonds. The first kappa shape index (κ1) is 27.8. The number of anilines is 1. The third-order valence-electron chi connectivity index (χ3n) is 8.15. The van der Waals surface area contributed by atoms with Gasteiger partial charge in [-0.15, -0.1) is 0 Å². The summed E-state index contributed by atoms with van der Waals surface area (Å²) in [5.74, 6) is -4.01. The van der Waals surface area contributed by atoms with Crippen molar-refractivity contribution in [3.8, 4) is 0 Å². The monoisotopic (exact) mass is 584 g/mol. The first-order valence-electron chi connectivity index (χ1n) is 12.5. The number of halogens is 3. The van der Waals surface area contributed by atoms with Crippen molar-refractivity contribution in [2.75, 3.05) is 25.0 Å². The highest BCUT2D eigenvalue weighted by atomic mass is 35.5. The maximum Gasteiger partial charge on any atom is 0.410 e. The van der Waals surface area contributed by atoms with Crippen LogP contribution in [-0.4, -0.2) is 72.2 Å². The molecule has 9 nitrogen and oxygen atoms in total. The number of fused-ring (bicyclic) bond motifs is 2. The van der Waals surface area contributed by atoms with Gasteiger partial charge in [-0.2, -0.15) is 0 Å². The minimum atomic E-state index is -4.07. The molecule has 3 N–H and O–H groups in total. The lowest BCUT2D eigenvalue weighted by Crippen LogP contribution is -2.58. The van der Waals surface area contributed by atoms with Crippen LogP contribution >= 0.6 is 11.6 Å². The second-order valence-corrected chi connectivity index (χ2v) is 12.9. The van der Waals surface area contributed by atoms with Crippen molar-refractivity contribution in [3.05, 3.63) is 58.6 Å². The van der Waals surface area contributed by atoms with E-state index in [9.17, 15) is 37.0 Å². The summed E-state index contributed by atoms with van der Waals surface area (Å²) in [4.78, 5) is 25.6. The first-order chi connectivity index (χ1) is 18.4. The highest BCUT2D eigenvalue weighted by molar-refractivity contribution is 7.92. The second-order valence-electron chi connectivity index (χ2n) is 10.3. The van der Waals surface area contributed by atoms with E-state index < -0.39 is 62.3 Å². The van der Waals surface area contributed by atoms with Crippen molar-refractivity contribution in [2.24, 2.45) is 11.8 Å². The summed E-state index contributed by atoms with van der Waals surface area (Å²) in [6.07, 6.45) is -0.671. The van der Waals surface area contributed by atoms with E-state index in [1.54, 1.807) is 0 Å². The Bertz CT molecular complexity index is 1410. The Morgan fingerprint density at radius 1 is 1.15 bits per heavy atom. The number of aliphatic hydroxyl groups is 2. The molecule has 1 aliphatic heterocycles. The number of ether oxygens (including phenoxy) is 1. The summed E-state index contributed by atoms with van der Waals surface area (Å²) >= 11 is 6.27. The molecule has 0 aromatic heterocycles. The van der Waals surface area contributed by atoms with Crippen LogP contribution < -0.4 is 5.32 Å². The lowest BCUT2D eigenvalue weighted by Gasteiger charge is -2.45. The van der Waals surface area contributed by atoms with Gasteiger partial charge < -0.3 is 25.2 Å². The highest BCUT2D eigenvalue weighted by Crippen LogP contribution is 2.53. The third kappa shape index (κ3) is 4.99. The number of cyclic esters (lactones) is 1. The lowest BCUT2D eigenvalue weighted by atomic mass is 9.71. The minimum absolute atomic E-state index is 0.0119. The zero-order valence-electron chi connectivity index (χ0n) is 20.6. The number of nitrogens with one attached hydrogen (secondary N) is 1. The van der Waals surface area contributed by atoms with Gasteiger partial charge in [-0.05, 0) is 67.9 Å². The van der Waals surface area contributed by atoms with Crippen molar-refractivity contribution in [3.63, 3.8) is 0 Å². The number of sulfone groups is 1. The maximum absolute atomic E-state index is 13.7. The van der Waals surface area contributed by atoms with E-state index in [1.165, 1.54) is 23.1 Å². The SMILES string of the molecule is O=C(Nc1ccc(F)c(F)c1)c1ccc(Cl)c(S(=O)(=O)[C@H]2CC3CCC(C2)[C@@]3(O)C(O)CN2CCOC2=O)c1. The Morgan fingerprint density at radius 3 is 2.46 bits per heavy atom. The van der Waals surface area contributed by atoms with Crippen molar-refractivity contribution in [1.82, 2.24) is 4.90 Å². The summed E-state index contributed by atoms with van der Waals surface area (Å²) in [6.45, 7) is 0.396. The predicted molar refractivity (Wildman–Crippen MR) is 136 cm³/mol. The lowest BCUT2D eigenvalue weighted by molar-refractivity contribution is -0.145. The Labute approximate surface area is 228 Å². The van der Waals surface area contributed by atoms with Crippen molar-refractivity contribution in [1.29, 1.82) is 0 Å². The molecule has 39 heavy (non-hydrogen) atoms. The van der Waals surface area contributed by atoms with Crippen LogP contribution in [-0.2, 0) is 14.6 Å². The topological polar surface area (TPSA) is 133 Å². The molecule has 1 heterocycles. The number of rotatable bonds is 7. The van der Waals surface area contributed by atoms with Gasteiger partial charge in [0.25, 0.3) is 5.91 Å². The molecule has 2 saturated carbocycles. The number of carbonyl (C=O) groups excluding carboxylic acids is 2. The number of hydrogen-bond donors (Lipinski definition) is 3. The molecule has 2 aromatic rings. The average molecular weight is 585 g/mol. The highest BCUT2D eigenvalue weighted by Gasteiger charge is 2.59. The summed E-state index contributed by atoms with van der Waals surface area (Å²) < 4.78 is 59.1. The Morgan fingerprint density at radius 2 is 1.85 bits per heavy atom. The Kier molecular flexibility index (Phi) is 7.34. The normalized spacial score (nSPS) is 27.4. The van der Waals surface area contributed by atoms with Gasteiger partial charge in [0.15, 0.2) is 21.5 Å². The summed E-state index contributed by atoms with van der Waals surface area (Å²) in [5, 5.41) is 23.9. The van der Waals surface area contributed by atoms with Crippen molar-refractivity contribution < 1.29 is 41.7 Å². The quantitative estimate of drug-likeness (QED) is 0.454. The largest absolute Gasteiger partial charge is 0.448 e. The van der Waals surface area contributed by atoms with E-state index in [0.717, 1.165) is 18.2 Å². The fraction of sp³-hybridized carbons (Fsp3) is 0.462. The molecule has 0 radical (unpaired) electrons. The Balaban J connectivity index is 1.34. The standard InChI is InChI=1S/C26H27ClF2N2O7S/c27-19-5-1-14(24(33)30-17-4-6-20(28)21(29)12-17)9-22(19)39(36,37)18-10-15-2-3-16(11-18)26(15,35)23(32)13-31-7-8-38-25(31)34/h1,4-6,9,12,15-16,18,23,32,35H,2-3,7-8,10-11,13H2,(H,30,33)/t15?,16?,18-,23?,26+. The third-order valence-corrected chi connectivity index (χ3v) is 10.8. The number of carbonyl (C=O) groups is 2. The van der Waals surface area contributed by atoms with Gasteiger partial charge in [-0.3, -0.25) is 4.79 Å². The van der Waals surface area contributed by atoms with Crippen LogP contribution in [0.1, 0.15) is 36.0 Å². The molecule has 210 valence electrons. The second kappa shape index (κ2) is 10.3. The van der Waals surface area contributed by atoms with E-state index >= 15 is 0 Å². The van der Waals surface area contributed by atoms with E-state index in [1.807, 2.05) is 0 Å².